The van der Waals surface area contributed by atoms with Crippen molar-refractivity contribution >= 4 is 45.1 Å². The lowest BCUT2D eigenvalue weighted by Crippen LogP contribution is -2.33. The van der Waals surface area contributed by atoms with Gasteiger partial charge in [-0.25, -0.2) is 19.2 Å². The van der Waals surface area contributed by atoms with Crippen molar-refractivity contribution in [3.63, 3.8) is 0 Å². The average molecular weight is 617 g/mol. The number of ether oxygens (including phenoxy) is 3. The zero-order chi connectivity index (χ0) is 30.2. The highest BCUT2D eigenvalue weighted by Crippen LogP contribution is 2.30. The maximum Gasteiger partial charge on any atom is 0.337 e. The van der Waals surface area contributed by atoms with Crippen LogP contribution in [0.2, 0.25) is 5.02 Å². The van der Waals surface area contributed by atoms with Crippen molar-refractivity contribution in [1.82, 2.24) is 29.6 Å². The molecule has 0 bridgehead atoms. The molecule has 44 heavy (non-hydrogen) atoms. The van der Waals surface area contributed by atoms with Crippen LogP contribution in [0.15, 0.2) is 54.7 Å². The van der Waals surface area contributed by atoms with E-state index in [1.54, 1.807) is 24.4 Å². The molecule has 10 nitrogen and oxygen atoms in total. The molecule has 0 saturated carbocycles. The number of carbonyl (C=O) groups excluding carboxylic acids is 1. The Balaban J connectivity index is 1.10. The monoisotopic (exact) mass is 616 g/mol. The van der Waals surface area contributed by atoms with Gasteiger partial charge in [-0.15, -0.1) is 0 Å². The number of aromatic nitrogens is 5. The van der Waals surface area contributed by atoms with Crippen molar-refractivity contribution in [1.29, 1.82) is 0 Å². The average Bonchev–Trinajstić information content (AvgIpc) is 3.62. The highest BCUT2D eigenvalue weighted by molar-refractivity contribution is 6.30. The van der Waals surface area contributed by atoms with Crippen molar-refractivity contribution in [2.75, 3.05) is 26.8 Å². The molecule has 0 aliphatic carbocycles. The van der Waals surface area contributed by atoms with Crippen molar-refractivity contribution in [3.8, 4) is 5.88 Å². The molecular formula is C32H30ClFN6O4. The number of nitrogens with zero attached hydrogens (tertiary/aromatic N) is 5. The molecule has 7 rings (SSSR count). The van der Waals surface area contributed by atoms with E-state index in [0.29, 0.717) is 47.2 Å². The van der Waals surface area contributed by atoms with Gasteiger partial charge in [-0.2, -0.15) is 5.10 Å². The van der Waals surface area contributed by atoms with E-state index in [-0.39, 0.29) is 18.7 Å². The number of nitrogens with one attached hydrogen (secondary N) is 1. The van der Waals surface area contributed by atoms with Gasteiger partial charge >= 0.3 is 5.97 Å². The van der Waals surface area contributed by atoms with Crippen LogP contribution in [-0.4, -0.2) is 68.5 Å². The quantitative estimate of drug-likeness (QED) is 0.215. The van der Waals surface area contributed by atoms with E-state index >= 15 is 0 Å². The molecule has 2 aliphatic rings. The van der Waals surface area contributed by atoms with Gasteiger partial charge in [0.2, 0.25) is 5.88 Å². The number of hydrogen-bond acceptors (Lipinski definition) is 8. The largest absolute Gasteiger partial charge is 0.471 e. The first-order valence-electron chi connectivity index (χ1n) is 14.5. The molecule has 0 unspecified atom stereocenters. The summed E-state index contributed by atoms with van der Waals surface area (Å²) >= 11 is 5.89. The number of rotatable bonds is 9. The molecule has 0 spiro atoms. The van der Waals surface area contributed by atoms with Gasteiger partial charge in [0.05, 0.1) is 54.8 Å². The number of pyridine rings is 1. The van der Waals surface area contributed by atoms with Crippen LogP contribution in [0.4, 0.5) is 4.39 Å². The Morgan fingerprint density at radius 3 is 2.84 bits per heavy atom. The second-order valence-corrected chi connectivity index (χ2v) is 11.4. The van der Waals surface area contributed by atoms with Gasteiger partial charge in [0.15, 0.2) is 0 Å². The molecule has 5 heterocycles. The van der Waals surface area contributed by atoms with Gasteiger partial charge in [0, 0.05) is 35.7 Å². The van der Waals surface area contributed by atoms with Crippen molar-refractivity contribution in [2.24, 2.45) is 0 Å². The highest BCUT2D eigenvalue weighted by Gasteiger charge is 2.24. The van der Waals surface area contributed by atoms with E-state index in [2.05, 4.69) is 25.7 Å². The number of imidazole rings is 1. The first-order valence-corrected chi connectivity index (χ1v) is 14.8. The first-order chi connectivity index (χ1) is 21.4. The third-order valence-electron chi connectivity index (χ3n) is 8.19. The maximum atomic E-state index is 14.4. The molecule has 1 N–H and O–H groups in total. The van der Waals surface area contributed by atoms with Gasteiger partial charge in [-0.1, -0.05) is 23.7 Å². The van der Waals surface area contributed by atoms with Crippen molar-refractivity contribution in [2.45, 2.75) is 38.6 Å². The van der Waals surface area contributed by atoms with Crippen LogP contribution in [0.1, 0.15) is 40.3 Å². The Morgan fingerprint density at radius 1 is 1.20 bits per heavy atom. The number of halogens is 2. The molecule has 1 fully saturated rings. The number of fused-ring (bicyclic) bond motifs is 2. The topological polar surface area (TPSA) is 107 Å². The van der Waals surface area contributed by atoms with Crippen LogP contribution >= 0.6 is 11.6 Å². The molecule has 0 amide bonds. The minimum atomic E-state index is -0.428. The van der Waals surface area contributed by atoms with Crippen molar-refractivity contribution in [3.05, 3.63) is 88.2 Å². The molecule has 1 atom stereocenters. The molecule has 3 aromatic heterocycles. The second kappa shape index (κ2) is 12.0. The molecule has 226 valence electrons. The fraction of sp³-hybridized carbons (Fsp3) is 0.312. The number of hydrogen-bond donors (Lipinski definition) is 1. The third-order valence-corrected chi connectivity index (χ3v) is 8.43. The highest BCUT2D eigenvalue weighted by atomic mass is 35.5. The lowest BCUT2D eigenvalue weighted by molar-refractivity contribution is -0.0591. The summed E-state index contributed by atoms with van der Waals surface area (Å²) in [6.07, 6.45) is 5.82. The van der Waals surface area contributed by atoms with Crippen LogP contribution in [0.25, 0.3) is 27.5 Å². The molecular weight excluding hydrogens is 587 g/mol. The minimum Gasteiger partial charge on any atom is -0.471 e. The van der Waals surface area contributed by atoms with Gasteiger partial charge < -0.3 is 18.8 Å². The second-order valence-electron chi connectivity index (χ2n) is 11.0. The van der Waals surface area contributed by atoms with Crippen LogP contribution in [0.3, 0.4) is 0 Å². The summed E-state index contributed by atoms with van der Waals surface area (Å²) in [5.41, 5.74) is 5.18. The fourth-order valence-corrected chi connectivity index (χ4v) is 5.80. The Bertz CT molecular complexity index is 1900. The lowest BCUT2D eigenvalue weighted by atomic mass is 10.0. The van der Waals surface area contributed by atoms with E-state index < -0.39 is 5.82 Å². The minimum absolute atomic E-state index is 0.00835. The Hall–Kier alpha value is -4.32. The summed E-state index contributed by atoms with van der Waals surface area (Å²) in [7, 11) is 1.38. The SMILES string of the molecule is COC(=O)c1ccc2nc(CN3CC=C(c4cc5cn[nH]c5c(OCc5ccc(Cl)cc5F)n4)CC3)n(C[C@@H]3CCO3)c2c1. The number of H-pyrrole nitrogens is 1. The summed E-state index contributed by atoms with van der Waals surface area (Å²) in [6.45, 7) is 3.62. The van der Waals surface area contributed by atoms with Gasteiger partial charge in [0.25, 0.3) is 0 Å². The Labute approximate surface area is 257 Å². The van der Waals surface area contributed by atoms with Crippen LogP contribution < -0.4 is 4.74 Å². The molecule has 2 aromatic carbocycles. The van der Waals surface area contributed by atoms with E-state index in [9.17, 15) is 9.18 Å². The number of esters is 1. The van der Waals surface area contributed by atoms with E-state index in [4.69, 9.17) is 35.8 Å². The van der Waals surface area contributed by atoms with Crippen LogP contribution in [0.5, 0.6) is 5.88 Å². The van der Waals surface area contributed by atoms with Gasteiger partial charge in [-0.05, 0) is 54.8 Å². The predicted octanol–water partition coefficient (Wildman–Crippen LogP) is 5.54. The summed E-state index contributed by atoms with van der Waals surface area (Å²) in [5, 5.41) is 8.30. The standard InChI is InChI=1S/C32H30ClFN6O4/c1-42-32(41)20-3-5-26-28(13-20)40(16-24-8-11-43-24)29(36-26)17-39-9-6-19(7-10-39)27-12-22-15-35-38-30(22)31(37-27)44-18-21-2-4-23(33)14-25(21)34/h2-6,12-15,24H,7-11,16-18H2,1H3,(H,35,38)/t24-/m0/s1. The molecule has 5 aromatic rings. The predicted molar refractivity (Wildman–Crippen MR) is 163 cm³/mol. The maximum absolute atomic E-state index is 14.4. The number of carbonyl (C=O) groups is 1. The summed E-state index contributed by atoms with van der Waals surface area (Å²) in [6, 6.07) is 12.0. The first kappa shape index (κ1) is 28.5. The fourth-order valence-electron chi connectivity index (χ4n) is 5.64. The van der Waals surface area contributed by atoms with E-state index in [0.717, 1.165) is 59.5 Å². The number of aromatic amines is 1. The molecule has 0 radical (unpaired) electrons. The third kappa shape index (κ3) is 5.66. The van der Waals surface area contributed by atoms with Crippen LogP contribution in [-0.2, 0) is 29.2 Å². The number of methoxy groups -OCH3 is 1. The Kier molecular flexibility index (Phi) is 7.75. The molecule has 2 aliphatic heterocycles. The summed E-state index contributed by atoms with van der Waals surface area (Å²) in [5.74, 6) is 0.494. The zero-order valence-corrected chi connectivity index (χ0v) is 24.8. The molecule has 12 heteroatoms. The van der Waals surface area contributed by atoms with Crippen molar-refractivity contribution < 1.29 is 23.4 Å². The normalized spacial score (nSPS) is 17.1. The van der Waals surface area contributed by atoms with Gasteiger partial charge in [0.1, 0.15) is 23.8 Å². The smallest absolute Gasteiger partial charge is 0.337 e. The molecule has 1 saturated heterocycles. The van der Waals surface area contributed by atoms with E-state index in [1.165, 1.54) is 13.2 Å². The number of benzene rings is 2. The zero-order valence-electron chi connectivity index (χ0n) is 24.1. The Morgan fingerprint density at radius 2 is 2.09 bits per heavy atom. The lowest BCUT2D eigenvalue weighted by Gasteiger charge is -2.29. The summed E-state index contributed by atoms with van der Waals surface area (Å²) < 4.78 is 33.2. The van der Waals surface area contributed by atoms with E-state index in [1.807, 2.05) is 18.2 Å². The van der Waals surface area contributed by atoms with Crippen LogP contribution in [0, 0.1) is 5.82 Å². The van der Waals surface area contributed by atoms with Gasteiger partial charge in [-0.3, -0.25) is 10.00 Å². The summed E-state index contributed by atoms with van der Waals surface area (Å²) in [4.78, 5) is 24.3.